The number of anilines is 1. The van der Waals surface area contributed by atoms with Crippen LogP contribution in [-0.2, 0) is 10.0 Å². The van der Waals surface area contributed by atoms with E-state index >= 15 is 0 Å². The van der Waals surface area contributed by atoms with Crippen molar-refractivity contribution in [2.45, 2.75) is 11.1 Å². The lowest BCUT2D eigenvalue weighted by molar-refractivity contribution is 0.475. The lowest BCUT2D eigenvalue weighted by atomic mass is 10.3. The summed E-state index contributed by atoms with van der Waals surface area (Å²) < 4.78 is 27.2. The lowest BCUT2D eigenvalue weighted by Crippen LogP contribution is -2.25. The Morgan fingerprint density at radius 2 is 1.84 bits per heavy atom. The van der Waals surface area contributed by atoms with Crippen molar-refractivity contribution in [2.75, 3.05) is 11.4 Å². The van der Waals surface area contributed by atoms with E-state index in [1.807, 2.05) is 6.92 Å². The molecule has 0 fully saturated rings. The molecule has 1 aromatic heterocycles. The summed E-state index contributed by atoms with van der Waals surface area (Å²) in [5.41, 5.74) is 1.39. The second kappa shape index (κ2) is 5.15. The summed E-state index contributed by atoms with van der Waals surface area (Å²) >= 11 is 4.51. The summed E-state index contributed by atoms with van der Waals surface area (Å²) in [5, 5.41) is 9.23. The van der Waals surface area contributed by atoms with Crippen LogP contribution in [0.3, 0.4) is 0 Å². The fourth-order valence-electron chi connectivity index (χ4n) is 1.50. The Morgan fingerprint density at radius 3 is 2.32 bits per heavy atom. The topological polar surface area (TPSA) is 57.6 Å². The van der Waals surface area contributed by atoms with Crippen molar-refractivity contribution in [3.05, 3.63) is 39.7 Å². The van der Waals surface area contributed by atoms with E-state index in [1.54, 1.807) is 18.2 Å². The Labute approximate surface area is 124 Å². The summed E-state index contributed by atoms with van der Waals surface area (Å²) in [4.78, 5) is 0. The van der Waals surface area contributed by atoms with E-state index in [4.69, 9.17) is 0 Å². The summed E-state index contributed by atoms with van der Waals surface area (Å²) in [7, 11) is -2.08. The smallest absolute Gasteiger partial charge is 0.273 e. The lowest BCUT2D eigenvalue weighted by Gasteiger charge is -2.18. The summed E-state index contributed by atoms with van der Waals surface area (Å²) in [6, 6.07) is 7.67. The van der Waals surface area contributed by atoms with Crippen LogP contribution >= 0.6 is 27.3 Å². The predicted octanol–water partition coefficient (Wildman–Crippen LogP) is 3.35. The fraction of sp³-hybridized carbons (Fsp3) is 0.167. The quantitative estimate of drug-likeness (QED) is 0.911. The van der Waals surface area contributed by atoms with Crippen LogP contribution in [0.25, 0.3) is 0 Å². The van der Waals surface area contributed by atoms with E-state index in [2.05, 4.69) is 15.9 Å². The minimum Gasteiger partial charge on any atom is -0.508 e. The predicted molar refractivity (Wildman–Crippen MR) is 80.5 cm³/mol. The van der Waals surface area contributed by atoms with Crippen molar-refractivity contribution in [2.24, 2.45) is 0 Å². The number of sulfonamides is 1. The Bertz CT molecular complexity index is 673. The van der Waals surface area contributed by atoms with E-state index in [1.165, 1.54) is 34.8 Å². The highest BCUT2D eigenvalue weighted by atomic mass is 79.9. The van der Waals surface area contributed by atoms with Crippen molar-refractivity contribution in [3.63, 3.8) is 0 Å². The normalized spacial score (nSPS) is 11.5. The molecule has 19 heavy (non-hydrogen) atoms. The number of phenolic OH excluding ortho intramolecular Hbond substituents is 1. The Kier molecular flexibility index (Phi) is 3.89. The van der Waals surface area contributed by atoms with E-state index in [0.717, 1.165) is 9.35 Å². The Morgan fingerprint density at radius 1 is 1.26 bits per heavy atom. The van der Waals surface area contributed by atoms with Crippen LogP contribution in [0.15, 0.2) is 38.3 Å². The third-order valence-electron chi connectivity index (χ3n) is 2.66. The minimum atomic E-state index is -3.57. The number of rotatable bonds is 3. The highest BCUT2D eigenvalue weighted by molar-refractivity contribution is 9.11. The van der Waals surface area contributed by atoms with Gasteiger partial charge in [0, 0.05) is 7.05 Å². The summed E-state index contributed by atoms with van der Waals surface area (Å²) in [5.74, 6) is 0.101. The first-order valence-electron chi connectivity index (χ1n) is 5.36. The van der Waals surface area contributed by atoms with Crippen molar-refractivity contribution >= 4 is 43.0 Å². The molecule has 0 aliphatic heterocycles. The first-order chi connectivity index (χ1) is 8.82. The third-order valence-corrected chi connectivity index (χ3v) is 7.03. The molecule has 1 heterocycles. The molecule has 2 aromatic rings. The average Bonchev–Trinajstić information content (AvgIpc) is 2.70. The van der Waals surface area contributed by atoms with Gasteiger partial charge in [-0.2, -0.15) is 0 Å². The molecule has 0 aliphatic carbocycles. The van der Waals surface area contributed by atoms with Gasteiger partial charge in [0.1, 0.15) is 9.96 Å². The molecule has 0 aliphatic rings. The zero-order valence-corrected chi connectivity index (χ0v) is 13.5. The number of benzene rings is 1. The molecule has 102 valence electrons. The zero-order valence-electron chi connectivity index (χ0n) is 10.3. The highest BCUT2D eigenvalue weighted by Crippen LogP contribution is 2.33. The second-order valence-electron chi connectivity index (χ2n) is 4.01. The van der Waals surface area contributed by atoms with E-state index < -0.39 is 10.0 Å². The molecule has 4 nitrogen and oxygen atoms in total. The van der Waals surface area contributed by atoms with Crippen LogP contribution in [0.5, 0.6) is 5.75 Å². The van der Waals surface area contributed by atoms with Gasteiger partial charge in [-0.1, -0.05) is 0 Å². The van der Waals surface area contributed by atoms with Gasteiger partial charge in [-0.25, -0.2) is 8.42 Å². The van der Waals surface area contributed by atoms with Gasteiger partial charge in [-0.3, -0.25) is 4.31 Å². The maximum absolute atomic E-state index is 12.4. The molecule has 0 unspecified atom stereocenters. The molecule has 1 N–H and O–H groups in total. The first kappa shape index (κ1) is 14.4. The van der Waals surface area contributed by atoms with Crippen molar-refractivity contribution in [1.82, 2.24) is 0 Å². The van der Waals surface area contributed by atoms with E-state index in [0.29, 0.717) is 5.69 Å². The maximum Gasteiger partial charge on any atom is 0.273 e. The largest absolute Gasteiger partial charge is 0.508 e. The molecule has 0 radical (unpaired) electrons. The Balaban J connectivity index is 2.41. The van der Waals surface area contributed by atoms with Gasteiger partial charge >= 0.3 is 0 Å². The molecule has 1 aromatic carbocycles. The fourth-order valence-corrected chi connectivity index (χ4v) is 5.09. The minimum absolute atomic E-state index is 0.101. The molecule has 0 atom stereocenters. The van der Waals surface area contributed by atoms with Crippen LogP contribution in [0.4, 0.5) is 5.69 Å². The van der Waals surface area contributed by atoms with Crippen LogP contribution < -0.4 is 4.31 Å². The van der Waals surface area contributed by atoms with Gasteiger partial charge in [0.05, 0.1) is 9.47 Å². The maximum atomic E-state index is 12.4. The SMILES string of the molecule is Cc1cc(S(=O)(=O)N(C)c2ccc(O)cc2)sc1Br. The van der Waals surface area contributed by atoms with Crippen LogP contribution in [-0.4, -0.2) is 20.6 Å². The van der Waals surface area contributed by atoms with Crippen LogP contribution in [0.2, 0.25) is 0 Å². The van der Waals surface area contributed by atoms with Crippen molar-refractivity contribution in [3.8, 4) is 5.75 Å². The van der Waals surface area contributed by atoms with Crippen LogP contribution in [0.1, 0.15) is 5.56 Å². The number of hydrogen-bond donors (Lipinski definition) is 1. The van der Waals surface area contributed by atoms with Gasteiger partial charge in [-0.05, 0) is 58.7 Å². The molecule has 0 saturated carbocycles. The number of hydrogen-bond acceptors (Lipinski definition) is 4. The number of halogens is 1. The number of thiophene rings is 1. The van der Waals surface area contributed by atoms with E-state index in [9.17, 15) is 13.5 Å². The molecule has 0 bridgehead atoms. The molecule has 0 spiro atoms. The third kappa shape index (κ3) is 2.77. The van der Waals surface area contributed by atoms with Gasteiger partial charge < -0.3 is 5.11 Å². The summed E-state index contributed by atoms with van der Waals surface area (Å²) in [6.45, 7) is 1.85. The monoisotopic (exact) mass is 361 g/mol. The van der Waals surface area contributed by atoms with Crippen molar-refractivity contribution < 1.29 is 13.5 Å². The number of phenols is 1. The number of aromatic hydroxyl groups is 1. The van der Waals surface area contributed by atoms with Gasteiger partial charge in [-0.15, -0.1) is 11.3 Å². The molecule has 0 saturated heterocycles. The highest BCUT2D eigenvalue weighted by Gasteiger charge is 2.24. The summed E-state index contributed by atoms with van der Waals surface area (Å²) in [6.07, 6.45) is 0. The average molecular weight is 362 g/mol. The molecular formula is C12H12BrNO3S2. The number of nitrogens with zero attached hydrogens (tertiary/aromatic N) is 1. The standard InChI is InChI=1S/C12H12BrNO3S2/c1-8-7-11(18-12(8)13)19(16,17)14(2)9-3-5-10(15)6-4-9/h3-7,15H,1-2H3. The van der Waals surface area contributed by atoms with Gasteiger partial charge in [0.15, 0.2) is 0 Å². The zero-order chi connectivity index (χ0) is 14.2. The molecule has 2 rings (SSSR count). The molecule has 7 heteroatoms. The molecule has 0 amide bonds. The number of aryl methyl sites for hydroxylation is 1. The van der Waals surface area contributed by atoms with Crippen molar-refractivity contribution in [1.29, 1.82) is 0 Å². The van der Waals surface area contributed by atoms with Gasteiger partial charge in [0.2, 0.25) is 0 Å². The first-order valence-corrected chi connectivity index (χ1v) is 8.41. The second-order valence-corrected chi connectivity index (χ2v) is 8.58. The Hall–Kier alpha value is -1.05. The van der Waals surface area contributed by atoms with Crippen LogP contribution in [0, 0.1) is 6.92 Å². The molecular weight excluding hydrogens is 350 g/mol. The van der Waals surface area contributed by atoms with Gasteiger partial charge in [0.25, 0.3) is 10.0 Å². The van der Waals surface area contributed by atoms with E-state index in [-0.39, 0.29) is 9.96 Å².